The number of hydrogen-bond acceptors (Lipinski definition) is 4. The van der Waals surface area contributed by atoms with E-state index in [1.165, 1.54) is 0 Å². The minimum absolute atomic E-state index is 0.0293. The standard InChI is InChI=1S/C21H28ClNO5S/c1-20(2,28-17-5-3-16(22)4-6-17)19(24)23-18-14-7-13-8-15(18)11-21(9-13,10-14)12-29(25,26)27/h3-6,13-15,18H,7-12H2,1-2H3,(H,23,24)(H,25,26,27). The van der Waals surface area contributed by atoms with Crippen LogP contribution < -0.4 is 10.1 Å². The minimum atomic E-state index is -4.00. The Hall–Kier alpha value is -1.31. The first kappa shape index (κ1) is 20.9. The van der Waals surface area contributed by atoms with Gasteiger partial charge in [-0.25, -0.2) is 0 Å². The van der Waals surface area contributed by atoms with Crippen LogP contribution in [-0.2, 0) is 14.9 Å². The maximum Gasteiger partial charge on any atom is 0.265 e. The summed E-state index contributed by atoms with van der Waals surface area (Å²) in [6.45, 7) is 3.49. The third-order valence-corrected chi connectivity index (χ3v) is 8.15. The van der Waals surface area contributed by atoms with Gasteiger partial charge in [0, 0.05) is 11.1 Å². The molecule has 0 radical (unpaired) electrons. The minimum Gasteiger partial charge on any atom is -0.478 e. The normalized spacial score (nSPS) is 33.5. The van der Waals surface area contributed by atoms with Crippen molar-refractivity contribution in [3.8, 4) is 5.75 Å². The lowest BCUT2D eigenvalue weighted by molar-refractivity contribution is -0.140. The van der Waals surface area contributed by atoms with Crippen LogP contribution in [0.25, 0.3) is 0 Å². The van der Waals surface area contributed by atoms with Gasteiger partial charge in [-0.2, -0.15) is 8.42 Å². The maximum atomic E-state index is 13.0. The molecule has 8 heteroatoms. The Labute approximate surface area is 177 Å². The molecule has 29 heavy (non-hydrogen) atoms. The molecule has 0 spiro atoms. The van der Waals surface area contributed by atoms with Crippen LogP contribution >= 0.6 is 11.6 Å². The number of benzene rings is 1. The van der Waals surface area contributed by atoms with Gasteiger partial charge in [-0.1, -0.05) is 11.6 Å². The summed E-state index contributed by atoms with van der Waals surface area (Å²) >= 11 is 5.91. The van der Waals surface area contributed by atoms with Gasteiger partial charge < -0.3 is 10.1 Å². The van der Waals surface area contributed by atoms with Crippen molar-refractivity contribution in [1.82, 2.24) is 5.32 Å². The van der Waals surface area contributed by atoms with Crippen molar-refractivity contribution >= 4 is 27.6 Å². The molecule has 0 heterocycles. The summed E-state index contributed by atoms with van der Waals surface area (Å²) in [5.41, 5.74) is -1.38. The van der Waals surface area contributed by atoms with E-state index in [1.807, 2.05) is 0 Å². The van der Waals surface area contributed by atoms with Crippen LogP contribution in [0.2, 0.25) is 5.02 Å². The molecule has 4 bridgehead atoms. The van der Waals surface area contributed by atoms with Crippen LogP contribution in [0.1, 0.15) is 46.0 Å². The van der Waals surface area contributed by atoms with E-state index in [0.717, 1.165) is 32.1 Å². The predicted molar refractivity (Wildman–Crippen MR) is 110 cm³/mol. The quantitative estimate of drug-likeness (QED) is 0.656. The smallest absolute Gasteiger partial charge is 0.265 e. The van der Waals surface area contributed by atoms with Crippen molar-refractivity contribution in [2.45, 2.75) is 57.6 Å². The highest BCUT2D eigenvalue weighted by atomic mass is 35.5. The fraction of sp³-hybridized carbons (Fsp3) is 0.667. The van der Waals surface area contributed by atoms with Gasteiger partial charge >= 0.3 is 0 Å². The first-order valence-electron chi connectivity index (χ1n) is 10.2. The number of carbonyl (C=O) groups excluding carboxylic acids is 1. The fourth-order valence-electron chi connectivity index (χ4n) is 6.16. The molecular formula is C21H28ClNO5S. The van der Waals surface area contributed by atoms with Crippen molar-refractivity contribution in [3.05, 3.63) is 29.3 Å². The highest BCUT2D eigenvalue weighted by molar-refractivity contribution is 7.85. The average molecular weight is 442 g/mol. The van der Waals surface area contributed by atoms with Gasteiger partial charge in [0.2, 0.25) is 0 Å². The van der Waals surface area contributed by atoms with Crippen molar-refractivity contribution in [2.24, 2.45) is 23.2 Å². The first-order valence-corrected chi connectivity index (χ1v) is 12.1. The molecule has 2 atom stereocenters. The van der Waals surface area contributed by atoms with Gasteiger partial charge in [0.1, 0.15) is 5.75 Å². The zero-order chi connectivity index (χ0) is 21.0. The molecule has 6 nitrogen and oxygen atoms in total. The van der Waals surface area contributed by atoms with Gasteiger partial charge in [0.05, 0.1) is 5.75 Å². The Bertz CT molecular complexity index is 882. The van der Waals surface area contributed by atoms with E-state index in [0.29, 0.717) is 16.7 Å². The van der Waals surface area contributed by atoms with E-state index < -0.39 is 15.7 Å². The van der Waals surface area contributed by atoms with Crippen LogP contribution in [0, 0.1) is 23.2 Å². The van der Waals surface area contributed by atoms with Crippen LogP contribution in [0.15, 0.2) is 24.3 Å². The molecule has 0 saturated heterocycles. The second-order valence-corrected chi connectivity index (χ2v) is 11.7. The lowest BCUT2D eigenvalue weighted by Crippen LogP contribution is -2.62. The monoisotopic (exact) mass is 441 g/mol. The van der Waals surface area contributed by atoms with Crippen LogP contribution in [-0.4, -0.2) is 36.3 Å². The molecule has 4 aliphatic carbocycles. The van der Waals surface area contributed by atoms with Gasteiger partial charge in [0.15, 0.2) is 5.60 Å². The van der Waals surface area contributed by atoms with E-state index in [2.05, 4.69) is 5.32 Å². The zero-order valence-electron chi connectivity index (χ0n) is 16.7. The number of amides is 1. The van der Waals surface area contributed by atoms with Gasteiger partial charge in [-0.05, 0) is 93.4 Å². The van der Waals surface area contributed by atoms with E-state index in [-0.39, 0.29) is 35.0 Å². The Balaban J connectivity index is 1.45. The van der Waals surface area contributed by atoms with E-state index in [1.54, 1.807) is 38.1 Å². The second-order valence-electron chi connectivity index (χ2n) is 9.76. The topological polar surface area (TPSA) is 92.7 Å². The molecule has 4 saturated carbocycles. The van der Waals surface area contributed by atoms with Gasteiger partial charge in [0.25, 0.3) is 16.0 Å². The third kappa shape index (κ3) is 4.42. The van der Waals surface area contributed by atoms with Crippen LogP contribution in [0.5, 0.6) is 5.75 Å². The van der Waals surface area contributed by atoms with E-state index in [4.69, 9.17) is 16.3 Å². The number of halogens is 1. The average Bonchev–Trinajstić information content (AvgIpc) is 2.57. The summed E-state index contributed by atoms with van der Waals surface area (Å²) in [6.07, 6.45) is 4.36. The Morgan fingerprint density at radius 1 is 1.21 bits per heavy atom. The maximum absolute atomic E-state index is 13.0. The molecule has 5 rings (SSSR count). The fourth-order valence-corrected chi connectivity index (χ4v) is 7.41. The summed E-state index contributed by atoms with van der Waals surface area (Å²) in [5.74, 6) is 1.23. The van der Waals surface area contributed by atoms with Crippen molar-refractivity contribution < 1.29 is 22.5 Å². The molecule has 2 unspecified atom stereocenters. The molecule has 1 aromatic carbocycles. The van der Waals surface area contributed by atoms with Crippen molar-refractivity contribution in [3.63, 3.8) is 0 Å². The Morgan fingerprint density at radius 3 is 2.34 bits per heavy atom. The van der Waals surface area contributed by atoms with E-state index in [9.17, 15) is 17.8 Å². The van der Waals surface area contributed by atoms with Crippen molar-refractivity contribution in [2.75, 3.05) is 5.75 Å². The molecule has 4 fully saturated rings. The molecule has 1 amide bonds. The Morgan fingerprint density at radius 2 is 1.79 bits per heavy atom. The van der Waals surface area contributed by atoms with Gasteiger partial charge in [-0.15, -0.1) is 0 Å². The summed E-state index contributed by atoms with van der Waals surface area (Å²) in [7, 11) is -4.00. The first-order chi connectivity index (χ1) is 13.4. The lowest BCUT2D eigenvalue weighted by Gasteiger charge is -2.60. The molecule has 1 aromatic rings. The summed E-state index contributed by atoms with van der Waals surface area (Å²) in [6, 6.07) is 6.94. The molecule has 160 valence electrons. The highest BCUT2D eigenvalue weighted by Gasteiger charge is 2.57. The van der Waals surface area contributed by atoms with Crippen LogP contribution in [0.4, 0.5) is 0 Å². The molecule has 2 N–H and O–H groups in total. The largest absolute Gasteiger partial charge is 0.478 e. The summed E-state index contributed by atoms with van der Waals surface area (Å²) in [4.78, 5) is 13.0. The highest BCUT2D eigenvalue weighted by Crippen LogP contribution is 2.60. The number of rotatable bonds is 6. The van der Waals surface area contributed by atoms with E-state index >= 15 is 0 Å². The lowest BCUT2D eigenvalue weighted by atomic mass is 9.48. The number of nitrogens with one attached hydrogen (secondary N) is 1. The SMILES string of the molecule is CC(C)(Oc1ccc(Cl)cc1)C(=O)NC1C2CC3CC1CC(CS(=O)(=O)O)(C3)C2. The third-order valence-electron chi connectivity index (χ3n) is 6.92. The van der Waals surface area contributed by atoms with Crippen molar-refractivity contribution in [1.29, 1.82) is 0 Å². The number of carbonyl (C=O) groups is 1. The van der Waals surface area contributed by atoms with Gasteiger partial charge in [-0.3, -0.25) is 9.35 Å². The zero-order valence-corrected chi connectivity index (χ0v) is 18.3. The molecule has 0 aromatic heterocycles. The van der Waals surface area contributed by atoms with Crippen LogP contribution in [0.3, 0.4) is 0 Å². The molecule has 4 aliphatic rings. The Kier molecular flexibility index (Phi) is 5.15. The summed E-state index contributed by atoms with van der Waals surface area (Å²) < 4.78 is 38.5. The second kappa shape index (κ2) is 7.13. The number of ether oxygens (including phenoxy) is 1. The molecular weight excluding hydrogens is 414 g/mol. The number of hydrogen-bond donors (Lipinski definition) is 2. The summed E-state index contributed by atoms with van der Waals surface area (Å²) in [5, 5.41) is 3.82. The molecule has 0 aliphatic heterocycles. The predicted octanol–water partition coefficient (Wildman–Crippen LogP) is 3.70.